The van der Waals surface area contributed by atoms with Gasteiger partial charge < -0.3 is 9.90 Å². The molecule has 2 aromatic rings. The standard InChI is InChI=1S/C11H8ClNO2/c1-6-5-8(11(14)15)7-3-2-4-9(12)10(7)13-6/h2-5H,1H3,(H,14,15)/p-1. The number of carboxylic acids is 1. The number of nitrogens with zero attached hydrogens (tertiary/aromatic N) is 1. The van der Waals surface area contributed by atoms with Crippen molar-refractivity contribution in [3.05, 3.63) is 40.5 Å². The number of aryl methyl sites for hydroxylation is 1. The van der Waals surface area contributed by atoms with E-state index in [1.807, 2.05) is 0 Å². The van der Waals surface area contributed by atoms with Gasteiger partial charge in [-0.15, -0.1) is 0 Å². The van der Waals surface area contributed by atoms with Gasteiger partial charge in [0.05, 0.1) is 16.5 Å². The second-order valence-electron chi connectivity index (χ2n) is 3.23. The summed E-state index contributed by atoms with van der Waals surface area (Å²) in [4.78, 5) is 15.1. The third kappa shape index (κ3) is 1.66. The number of benzene rings is 1. The van der Waals surface area contributed by atoms with Gasteiger partial charge in [0.25, 0.3) is 0 Å². The van der Waals surface area contributed by atoms with Crippen molar-refractivity contribution in [3.63, 3.8) is 0 Å². The Kier molecular flexibility index (Phi) is 2.32. The van der Waals surface area contributed by atoms with E-state index in [0.29, 0.717) is 21.6 Å². The van der Waals surface area contributed by atoms with Crippen LogP contribution in [0.1, 0.15) is 16.1 Å². The van der Waals surface area contributed by atoms with Gasteiger partial charge in [0.2, 0.25) is 0 Å². The molecule has 2 rings (SSSR count). The monoisotopic (exact) mass is 220 g/mol. The van der Waals surface area contributed by atoms with Crippen molar-refractivity contribution in [1.82, 2.24) is 4.98 Å². The van der Waals surface area contributed by atoms with Gasteiger partial charge in [0.1, 0.15) is 0 Å². The van der Waals surface area contributed by atoms with Gasteiger partial charge in [-0.2, -0.15) is 0 Å². The summed E-state index contributed by atoms with van der Waals surface area (Å²) in [5, 5.41) is 11.8. The number of hydrogen-bond acceptors (Lipinski definition) is 3. The van der Waals surface area contributed by atoms with Gasteiger partial charge in [-0.25, -0.2) is 0 Å². The lowest BCUT2D eigenvalue weighted by Crippen LogP contribution is -2.22. The van der Waals surface area contributed by atoms with E-state index < -0.39 is 5.97 Å². The van der Waals surface area contributed by atoms with Crippen molar-refractivity contribution in [2.75, 3.05) is 0 Å². The normalized spacial score (nSPS) is 10.5. The van der Waals surface area contributed by atoms with E-state index in [1.165, 1.54) is 6.07 Å². The fourth-order valence-electron chi connectivity index (χ4n) is 1.51. The van der Waals surface area contributed by atoms with Crippen LogP contribution >= 0.6 is 11.6 Å². The Labute approximate surface area is 91.3 Å². The van der Waals surface area contributed by atoms with E-state index in [9.17, 15) is 9.90 Å². The highest BCUT2D eigenvalue weighted by molar-refractivity contribution is 6.35. The van der Waals surface area contributed by atoms with Gasteiger partial charge >= 0.3 is 0 Å². The smallest absolute Gasteiger partial charge is 0.0897 e. The van der Waals surface area contributed by atoms with Crippen LogP contribution in [0.5, 0.6) is 0 Å². The molecule has 0 bridgehead atoms. The number of aromatic nitrogens is 1. The molecule has 76 valence electrons. The molecular formula is C11H7ClNO2-. The maximum atomic E-state index is 10.9. The number of fused-ring (bicyclic) bond motifs is 1. The molecule has 0 saturated heterocycles. The van der Waals surface area contributed by atoms with E-state index in [0.717, 1.165) is 0 Å². The van der Waals surface area contributed by atoms with Crippen LogP contribution in [0.2, 0.25) is 5.02 Å². The second kappa shape index (κ2) is 3.51. The SMILES string of the molecule is Cc1cc(C(=O)[O-])c2cccc(Cl)c2n1. The minimum absolute atomic E-state index is 0.125. The fourth-order valence-corrected chi connectivity index (χ4v) is 1.73. The molecule has 0 radical (unpaired) electrons. The average molecular weight is 221 g/mol. The zero-order valence-electron chi connectivity index (χ0n) is 7.95. The first-order valence-corrected chi connectivity index (χ1v) is 4.74. The topological polar surface area (TPSA) is 53.0 Å². The summed E-state index contributed by atoms with van der Waals surface area (Å²) in [5.41, 5.74) is 1.23. The van der Waals surface area contributed by atoms with Crippen LogP contribution in [0.25, 0.3) is 10.9 Å². The van der Waals surface area contributed by atoms with Crippen LogP contribution in [0.3, 0.4) is 0 Å². The third-order valence-corrected chi connectivity index (χ3v) is 2.44. The van der Waals surface area contributed by atoms with Gasteiger partial charge in [0.15, 0.2) is 0 Å². The molecule has 3 nitrogen and oxygen atoms in total. The number of carbonyl (C=O) groups is 1. The van der Waals surface area contributed by atoms with Gasteiger partial charge in [0, 0.05) is 16.6 Å². The van der Waals surface area contributed by atoms with Crippen LogP contribution < -0.4 is 5.11 Å². The van der Waals surface area contributed by atoms with Crippen molar-refractivity contribution in [2.45, 2.75) is 6.92 Å². The third-order valence-electron chi connectivity index (χ3n) is 2.14. The number of carbonyl (C=O) groups excluding carboxylic acids is 1. The van der Waals surface area contributed by atoms with E-state index in [4.69, 9.17) is 11.6 Å². The molecule has 0 N–H and O–H groups in total. The van der Waals surface area contributed by atoms with Crippen LogP contribution in [0, 0.1) is 6.92 Å². The highest BCUT2D eigenvalue weighted by Crippen LogP contribution is 2.24. The molecule has 0 fully saturated rings. The van der Waals surface area contributed by atoms with Crippen molar-refractivity contribution >= 4 is 28.5 Å². The Morgan fingerprint density at radius 2 is 2.20 bits per heavy atom. The minimum Gasteiger partial charge on any atom is -0.545 e. The first kappa shape index (κ1) is 9.93. The molecule has 0 aliphatic carbocycles. The number of pyridine rings is 1. The Morgan fingerprint density at radius 3 is 2.87 bits per heavy atom. The van der Waals surface area contributed by atoms with Crippen molar-refractivity contribution in [1.29, 1.82) is 0 Å². The largest absolute Gasteiger partial charge is 0.545 e. The zero-order chi connectivity index (χ0) is 11.0. The Hall–Kier alpha value is -1.61. The van der Waals surface area contributed by atoms with Gasteiger partial charge in [-0.3, -0.25) is 4.98 Å². The number of halogens is 1. The number of para-hydroxylation sites is 1. The Bertz CT molecular complexity index is 552. The van der Waals surface area contributed by atoms with Crippen molar-refractivity contribution in [2.24, 2.45) is 0 Å². The number of carboxylic acid groups (broad SMARTS) is 1. The van der Waals surface area contributed by atoms with E-state index in [-0.39, 0.29) is 5.56 Å². The van der Waals surface area contributed by atoms with Crippen LogP contribution in [-0.4, -0.2) is 11.0 Å². The van der Waals surface area contributed by atoms with Crippen LogP contribution in [0.15, 0.2) is 24.3 Å². The Balaban J connectivity index is 2.92. The summed E-state index contributed by atoms with van der Waals surface area (Å²) < 4.78 is 0. The molecule has 0 spiro atoms. The summed E-state index contributed by atoms with van der Waals surface area (Å²) in [6.45, 7) is 1.72. The maximum absolute atomic E-state index is 10.9. The zero-order valence-corrected chi connectivity index (χ0v) is 8.71. The highest BCUT2D eigenvalue weighted by atomic mass is 35.5. The van der Waals surface area contributed by atoms with Crippen molar-refractivity contribution < 1.29 is 9.90 Å². The van der Waals surface area contributed by atoms with Crippen LogP contribution in [-0.2, 0) is 0 Å². The lowest BCUT2D eigenvalue weighted by atomic mass is 10.1. The second-order valence-corrected chi connectivity index (χ2v) is 3.64. The highest BCUT2D eigenvalue weighted by Gasteiger charge is 2.06. The summed E-state index contributed by atoms with van der Waals surface area (Å²) in [6, 6.07) is 6.51. The molecule has 0 unspecified atom stereocenters. The molecule has 0 aliphatic heterocycles. The first-order valence-electron chi connectivity index (χ1n) is 4.37. The quantitative estimate of drug-likeness (QED) is 0.733. The molecule has 0 atom stereocenters. The lowest BCUT2D eigenvalue weighted by Gasteiger charge is -2.09. The summed E-state index contributed by atoms with van der Waals surface area (Å²) in [7, 11) is 0. The fraction of sp³-hybridized carbons (Fsp3) is 0.0909. The van der Waals surface area contributed by atoms with E-state index >= 15 is 0 Å². The molecular weight excluding hydrogens is 214 g/mol. The molecule has 1 aromatic heterocycles. The molecule has 1 heterocycles. The van der Waals surface area contributed by atoms with Crippen molar-refractivity contribution in [3.8, 4) is 0 Å². The summed E-state index contributed by atoms with van der Waals surface area (Å²) >= 11 is 5.93. The number of hydrogen-bond donors (Lipinski definition) is 0. The molecule has 4 heteroatoms. The summed E-state index contributed by atoms with van der Waals surface area (Å²) in [5.74, 6) is -1.22. The van der Waals surface area contributed by atoms with Gasteiger partial charge in [-0.1, -0.05) is 23.7 Å². The minimum atomic E-state index is -1.22. The molecule has 0 saturated carbocycles. The predicted molar refractivity (Wildman–Crippen MR) is 55.8 cm³/mol. The Morgan fingerprint density at radius 1 is 1.47 bits per heavy atom. The van der Waals surface area contributed by atoms with E-state index in [2.05, 4.69) is 4.98 Å². The molecule has 1 aromatic carbocycles. The first-order chi connectivity index (χ1) is 7.09. The van der Waals surface area contributed by atoms with Gasteiger partial charge in [-0.05, 0) is 19.1 Å². The predicted octanol–water partition coefficient (Wildman–Crippen LogP) is 1.56. The summed E-state index contributed by atoms with van der Waals surface area (Å²) in [6.07, 6.45) is 0. The number of rotatable bonds is 1. The number of aromatic carboxylic acids is 1. The molecule has 0 amide bonds. The lowest BCUT2D eigenvalue weighted by molar-refractivity contribution is -0.254. The molecule has 0 aliphatic rings. The average Bonchev–Trinajstić information content (AvgIpc) is 2.18. The maximum Gasteiger partial charge on any atom is 0.0897 e. The van der Waals surface area contributed by atoms with E-state index in [1.54, 1.807) is 25.1 Å². The molecule has 15 heavy (non-hydrogen) atoms. The van der Waals surface area contributed by atoms with Crippen LogP contribution in [0.4, 0.5) is 0 Å².